The first-order chi connectivity index (χ1) is 11.9. The molecular weight excluding hydrogens is 435 g/mol. The maximum Gasteiger partial charge on any atom is 0.225 e. The molecule has 1 aromatic rings. The van der Waals surface area contributed by atoms with Gasteiger partial charge in [-0.25, -0.2) is 9.97 Å². The Morgan fingerprint density at radius 1 is 1.24 bits per heavy atom. The number of hydrogen-bond acceptors (Lipinski definition) is 6. The summed E-state index contributed by atoms with van der Waals surface area (Å²) in [5.41, 5.74) is 0. The van der Waals surface area contributed by atoms with Gasteiger partial charge in [-0.05, 0) is 13.0 Å². The Morgan fingerprint density at radius 3 is 2.64 bits per heavy atom. The highest BCUT2D eigenvalue weighted by molar-refractivity contribution is 14.0. The molecule has 3 rings (SSSR count). The van der Waals surface area contributed by atoms with Gasteiger partial charge in [0.05, 0.1) is 26.4 Å². The van der Waals surface area contributed by atoms with Gasteiger partial charge in [0.15, 0.2) is 5.96 Å². The molecule has 140 valence electrons. The fraction of sp³-hybridized carbons (Fsp3) is 0.688. The number of aliphatic imine (C=N–C) groups is 1. The number of piperazine rings is 1. The molecule has 2 saturated heterocycles. The van der Waals surface area contributed by atoms with Gasteiger partial charge in [0.1, 0.15) is 6.10 Å². The maximum absolute atomic E-state index is 5.67. The summed E-state index contributed by atoms with van der Waals surface area (Å²) in [7, 11) is 0. The zero-order valence-corrected chi connectivity index (χ0v) is 17.0. The van der Waals surface area contributed by atoms with Crippen LogP contribution in [-0.2, 0) is 9.47 Å². The van der Waals surface area contributed by atoms with Crippen LogP contribution < -0.4 is 10.2 Å². The van der Waals surface area contributed by atoms with Crippen molar-refractivity contribution in [2.24, 2.45) is 4.99 Å². The second-order valence-electron chi connectivity index (χ2n) is 5.79. The molecule has 0 aliphatic carbocycles. The SMILES string of the molecule is CCNC(=NCC1COCCO1)N1CCN(c2ncccn2)CC1.I. The molecule has 1 atom stereocenters. The molecule has 0 bridgehead atoms. The molecule has 8 nitrogen and oxygen atoms in total. The van der Waals surface area contributed by atoms with Gasteiger partial charge in [-0.2, -0.15) is 0 Å². The molecule has 0 spiro atoms. The number of halogens is 1. The number of nitrogens with zero attached hydrogens (tertiary/aromatic N) is 5. The summed E-state index contributed by atoms with van der Waals surface area (Å²) >= 11 is 0. The fourth-order valence-corrected chi connectivity index (χ4v) is 2.83. The van der Waals surface area contributed by atoms with Crippen molar-refractivity contribution in [2.45, 2.75) is 13.0 Å². The zero-order chi connectivity index (χ0) is 16.6. The third-order valence-electron chi connectivity index (χ3n) is 4.08. The van der Waals surface area contributed by atoms with Gasteiger partial charge in [0.25, 0.3) is 0 Å². The maximum atomic E-state index is 5.67. The molecule has 0 radical (unpaired) electrons. The second kappa shape index (κ2) is 10.7. The lowest BCUT2D eigenvalue weighted by Crippen LogP contribution is -2.53. The number of guanidine groups is 1. The molecule has 1 N–H and O–H groups in total. The van der Waals surface area contributed by atoms with E-state index in [1.54, 1.807) is 12.4 Å². The summed E-state index contributed by atoms with van der Waals surface area (Å²) in [6.07, 6.45) is 3.63. The van der Waals surface area contributed by atoms with Crippen molar-refractivity contribution in [1.82, 2.24) is 20.2 Å². The Hall–Kier alpha value is -1.20. The lowest BCUT2D eigenvalue weighted by molar-refractivity contribution is -0.0833. The first kappa shape index (κ1) is 20.1. The highest BCUT2D eigenvalue weighted by atomic mass is 127. The molecule has 2 aliphatic rings. The monoisotopic (exact) mass is 462 g/mol. The average molecular weight is 462 g/mol. The van der Waals surface area contributed by atoms with Crippen LogP contribution in [0.15, 0.2) is 23.5 Å². The van der Waals surface area contributed by atoms with Crippen molar-refractivity contribution in [3.8, 4) is 0 Å². The Morgan fingerprint density at radius 2 is 2.00 bits per heavy atom. The number of nitrogens with one attached hydrogen (secondary N) is 1. The molecule has 25 heavy (non-hydrogen) atoms. The molecule has 1 aromatic heterocycles. The number of rotatable bonds is 4. The number of anilines is 1. The molecule has 0 aromatic carbocycles. The third-order valence-corrected chi connectivity index (χ3v) is 4.08. The van der Waals surface area contributed by atoms with Crippen molar-refractivity contribution in [3.05, 3.63) is 18.5 Å². The Bertz CT molecular complexity index is 519. The van der Waals surface area contributed by atoms with E-state index in [4.69, 9.17) is 14.5 Å². The highest BCUT2D eigenvalue weighted by Crippen LogP contribution is 2.10. The molecule has 9 heteroatoms. The topological polar surface area (TPSA) is 75.1 Å². The van der Waals surface area contributed by atoms with E-state index in [0.717, 1.165) is 44.6 Å². The molecular formula is C16H27IN6O2. The van der Waals surface area contributed by atoms with Crippen molar-refractivity contribution in [3.63, 3.8) is 0 Å². The van der Waals surface area contributed by atoms with Crippen LogP contribution in [0, 0.1) is 0 Å². The van der Waals surface area contributed by atoms with Crippen LogP contribution in [0.1, 0.15) is 6.92 Å². The molecule has 0 saturated carbocycles. The first-order valence-corrected chi connectivity index (χ1v) is 8.61. The van der Waals surface area contributed by atoms with E-state index < -0.39 is 0 Å². The van der Waals surface area contributed by atoms with Gasteiger partial charge >= 0.3 is 0 Å². The minimum atomic E-state index is 0. The highest BCUT2D eigenvalue weighted by Gasteiger charge is 2.22. The van der Waals surface area contributed by atoms with Crippen molar-refractivity contribution in [1.29, 1.82) is 0 Å². The van der Waals surface area contributed by atoms with E-state index in [9.17, 15) is 0 Å². The van der Waals surface area contributed by atoms with Crippen LogP contribution in [0.3, 0.4) is 0 Å². The molecule has 1 unspecified atom stereocenters. The molecule has 0 amide bonds. The smallest absolute Gasteiger partial charge is 0.225 e. The van der Waals surface area contributed by atoms with Gasteiger partial charge in [-0.1, -0.05) is 0 Å². The van der Waals surface area contributed by atoms with Crippen LogP contribution >= 0.6 is 24.0 Å². The summed E-state index contributed by atoms with van der Waals surface area (Å²) in [6.45, 7) is 9.10. The van der Waals surface area contributed by atoms with Gasteiger partial charge in [0.2, 0.25) is 5.95 Å². The second-order valence-corrected chi connectivity index (χ2v) is 5.79. The van der Waals surface area contributed by atoms with Gasteiger partial charge in [-0.15, -0.1) is 24.0 Å². The zero-order valence-electron chi connectivity index (χ0n) is 14.6. The van der Waals surface area contributed by atoms with Crippen LogP contribution in [-0.4, -0.2) is 86.0 Å². The molecule has 2 aliphatic heterocycles. The largest absolute Gasteiger partial charge is 0.376 e. The van der Waals surface area contributed by atoms with Gasteiger partial charge in [0, 0.05) is 45.1 Å². The number of hydrogen-bond donors (Lipinski definition) is 1. The predicted octanol–water partition coefficient (Wildman–Crippen LogP) is 0.598. The van der Waals surface area contributed by atoms with E-state index >= 15 is 0 Å². The lowest BCUT2D eigenvalue weighted by Gasteiger charge is -2.36. The average Bonchev–Trinajstić information content (AvgIpc) is 2.67. The van der Waals surface area contributed by atoms with E-state index in [1.807, 2.05) is 6.07 Å². The lowest BCUT2D eigenvalue weighted by atomic mass is 10.3. The van der Waals surface area contributed by atoms with E-state index in [1.165, 1.54) is 0 Å². The Labute approximate surface area is 166 Å². The number of ether oxygens (including phenoxy) is 2. The summed E-state index contributed by atoms with van der Waals surface area (Å²) in [5.74, 6) is 1.74. The summed E-state index contributed by atoms with van der Waals surface area (Å²) in [5, 5.41) is 3.38. The summed E-state index contributed by atoms with van der Waals surface area (Å²) in [4.78, 5) is 17.9. The quantitative estimate of drug-likeness (QED) is 0.399. The summed E-state index contributed by atoms with van der Waals surface area (Å²) in [6, 6.07) is 1.84. The third kappa shape index (κ3) is 5.93. The van der Waals surface area contributed by atoms with E-state index in [2.05, 4.69) is 32.0 Å². The fourth-order valence-electron chi connectivity index (χ4n) is 2.83. The van der Waals surface area contributed by atoms with Crippen LogP contribution in [0.25, 0.3) is 0 Å². The Kier molecular flexibility index (Phi) is 8.62. The van der Waals surface area contributed by atoms with Crippen LogP contribution in [0.4, 0.5) is 5.95 Å². The van der Waals surface area contributed by atoms with Crippen molar-refractivity contribution >= 4 is 35.9 Å². The van der Waals surface area contributed by atoms with E-state index in [0.29, 0.717) is 26.4 Å². The number of aromatic nitrogens is 2. The molecule has 2 fully saturated rings. The van der Waals surface area contributed by atoms with Crippen molar-refractivity contribution < 1.29 is 9.47 Å². The minimum Gasteiger partial charge on any atom is -0.376 e. The Balaban J connectivity index is 0.00000225. The predicted molar refractivity (Wildman–Crippen MR) is 108 cm³/mol. The van der Waals surface area contributed by atoms with Gasteiger partial charge < -0.3 is 24.6 Å². The van der Waals surface area contributed by atoms with E-state index in [-0.39, 0.29) is 30.1 Å². The standard InChI is InChI=1S/C16H26N6O2.HI/c1-2-17-15(20-12-14-13-23-10-11-24-14)21-6-8-22(9-7-21)16-18-4-3-5-19-16;/h3-5,14H,2,6-13H2,1H3,(H,17,20);1H. The van der Waals surface area contributed by atoms with Gasteiger partial charge in [-0.3, -0.25) is 4.99 Å². The minimum absolute atomic E-state index is 0. The normalized spacial score (nSPS) is 21.6. The van der Waals surface area contributed by atoms with Crippen LogP contribution in [0.5, 0.6) is 0 Å². The van der Waals surface area contributed by atoms with Crippen molar-refractivity contribution in [2.75, 3.05) is 64.0 Å². The first-order valence-electron chi connectivity index (χ1n) is 8.61. The van der Waals surface area contributed by atoms with Crippen LogP contribution in [0.2, 0.25) is 0 Å². The molecule has 3 heterocycles. The summed E-state index contributed by atoms with van der Waals surface area (Å²) < 4.78 is 11.1.